The number of hydrogen-bond donors (Lipinski definition) is 0. The molecular weight excluding hydrogens is 86.1 g/mol. The van der Waals surface area contributed by atoms with Gasteiger partial charge in [0.1, 0.15) is 0 Å². The summed E-state index contributed by atoms with van der Waals surface area (Å²) in [5.74, 6) is 0. The molecule has 7 heavy (non-hydrogen) atoms. The minimum absolute atomic E-state index is 1.17. The third kappa shape index (κ3) is 0.806. The average Bonchev–Trinajstić information content (AvgIpc) is 1.55. The molecule has 0 bridgehead atoms. The molecule has 1 aliphatic rings. The molecule has 0 aromatic rings. The summed E-state index contributed by atoms with van der Waals surface area (Å²) in [6.45, 7) is 6.42. The van der Waals surface area contributed by atoms with E-state index in [0.717, 1.165) is 0 Å². The third-order valence-corrected chi connectivity index (χ3v) is 1.24. The van der Waals surface area contributed by atoms with Crippen molar-refractivity contribution in [2.24, 2.45) is 0 Å². The lowest BCUT2D eigenvalue weighted by Gasteiger charge is -2.13. The minimum Gasteiger partial charge on any atom is -0.246 e. The molecule has 0 unspecified atom stereocenters. The quantitative estimate of drug-likeness (QED) is 0.403. The highest BCUT2D eigenvalue weighted by molar-refractivity contribution is 5.12. The maximum absolute atomic E-state index is 6.42. The van der Waals surface area contributed by atoms with Crippen LogP contribution in [-0.2, 0) is 0 Å². The fourth-order valence-corrected chi connectivity index (χ4v) is 0.601. The van der Waals surface area contributed by atoms with Crippen LogP contribution in [0, 0.1) is 6.57 Å². The highest BCUT2D eigenvalue weighted by atomic mass is 14.6. The fourth-order valence-electron chi connectivity index (χ4n) is 0.601. The lowest BCUT2D eigenvalue weighted by molar-refractivity contribution is 0.663. The molecule has 1 saturated carbocycles. The monoisotopic (exact) mass is 93.1 g/mol. The van der Waals surface area contributed by atoms with Gasteiger partial charge in [-0.2, -0.15) is 0 Å². The highest BCUT2D eigenvalue weighted by Crippen LogP contribution is 2.24. The Balaban J connectivity index is 2.41. The molecule has 1 rings (SSSR count). The van der Waals surface area contributed by atoms with Gasteiger partial charge in [0.2, 0.25) is 0 Å². The van der Waals surface area contributed by atoms with E-state index in [1.54, 1.807) is 6.20 Å². The predicted octanol–water partition coefficient (Wildman–Crippen LogP) is 1.97. The molecule has 0 saturated heterocycles. The molecule has 1 fully saturated rings. The molecule has 0 spiro atoms. The van der Waals surface area contributed by atoms with E-state index in [9.17, 15) is 0 Å². The molecule has 0 atom stereocenters. The van der Waals surface area contributed by atoms with Crippen molar-refractivity contribution < 1.29 is 0 Å². The maximum atomic E-state index is 6.42. The van der Waals surface area contributed by atoms with E-state index in [2.05, 4.69) is 4.85 Å². The van der Waals surface area contributed by atoms with E-state index in [-0.39, 0.29) is 0 Å². The van der Waals surface area contributed by atoms with Crippen LogP contribution < -0.4 is 0 Å². The van der Waals surface area contributed by atoms with Crippen molar-refractivity contribution >= 4 is 0 Å². The first-order chi connectivity index (χ1) is 3.43. The van der Waals surface area contributed by atoms with Crippen molar-refractivity contribution in [3.05, 3.63) is 23.2 Å². The zero-order valence-electron chi connectivity index (χ0n) is 4.15. The number of nitrogens with zero attached hydrogens (tertiary/aromatic N) is 1. The molecule has 0 heterocycles. The first-order valence-electron chi connectivity index (χ1n) is 2.48. The molecule has 0 aliphatic heterocycles. The second kappa shape index (κ2) is 1.79. The van der Waals surface area contributed by atoms with Crippen molar-refractivity contribution in [2.45, 2.75) is 19.3 Å². The van der Waals surface area contributed by atoms with E-state index >= 15 is 0 Å². The smallest absolute Gasteiger partial charge is 0.153 e. The minimum atomic E-state index is 1.17. The molecule has 0 radical (unpaired) electrons. The van der Waals surface area contributed by atoms with Crippen LogP contribution >= 0.6 is 0 Å². The van der Waals surface area contributed by atoms with Crippen LogP contribution in [0.15, 0.2) is 11.8 Å². The highest BCUT2D eigenvalue weighted by Gasteiger charge is 2.05. The summed E-state index contributed by atoms with van der Waals surface area (Å²) >= 11 is 0. The Morgan fingerprint density at radius 2 is 2.29 bits per heavy atom. The van der Waals surface area contributed by atoms with Crippen molar-refractivity contribution in [3.8, 4) is 0 Å². The molecule has 1 aliphatic carbocycles. The molecule has 36 valence electrons. The van der Waals surface area contributed by atoms with E-state index in [4.69, 9.17) is 6.57 Å². The van der Waals surface area contributed by atoms with Gasteiger partial charge in [-0.25, -0.2) is 4.85 Å². The Bertz CT molecular complexity index is 122. The van der Waals surface area contributed by atoms with Crippen LogP contribution in [0.5, 0.6) is 0 Å². The largest absolute Gasteiger partial charge is 0.246 e. The van der Waals surface area contributed by atoms with Gasteiger partial charge in [-0.1, -0.05) is 5.57 Å². The molecule has 0 aromatic carbocycles. The second-order valence-corrected chi connectivity index (χ2v) is 1.77. The van der Waals surface area contributed by atoms with Crippen LogP contribution in [0.2, 0.25) is 0 Å². The summed E-state index contributed by atoms with van der Waals surface area (Å²) in [6.07, 6.45) is 5.27. The van der Waals surface area contributed by atoms with Gasteiger partial charge in [0, 0.05) is 0 Å². The van der Waals surface area contributed by atoms with E-state index in [1.807, 2.05) is 0 Å². The van der Waals surface area contributed by atoms with Gasteiger partial charge in [-0.05, 0) is 19.3 Å². The summed E-state index contributed by atoms with van der Waals surface area (Å²) in [5.41, 5.74) is 1.33. The van der Waals surface area contributed by atoms with Gasteiger partial charge in [0.15, 0.2) is 6.20 Å². The zero-order chi connectivity index (χ0) is 5.11. The normalized spacial score (nSPS) is 17.3. The lowest BCUT2D eigenvalue weighted by Crippen LogP contribution is -1.94. The van der Waals surface area contributed by atoms with Crippen LogP contribution in [0.4, 0.5) is 0 Å². The zero-order valence-corrected chi connectivity index (χ0v) is 4.15. The topological polar surface area (TPSA) is 4.36 Å². The van der Waals surface area contributed by atoms with Gasteiger partial charge >= 0.3 is 0 Å². The van der Waals surface area contributed by atoms with Gasteiger partial charge in [0.25, 0.3) is 0 Å². The van der Waals surface area contributed by atoms with Gasteiger partial charge in [-0.3, -0.25) is 0 Å². The maximum Gasteiger partial charge on any atom is 0.153 e. The predicted molar refractivity (Wildman–Crippen MR) is 28.5 cm³/mol. The summed E-state index contributed by atoms with van der Waals surface area (Å²) < 4.78 is 0. The second-order valence-electron chi connectivity index (χ2n) is 1.77. The summed E-state index contributed by atoms with van der Waals surface area (Å²) in [5, 5.41) is 0. The van der Waals surface area contributed by atoms with E-state index in [0.29, 0.717) is 0 Å². The Hall–Kier alpha value is -0.770. The first-order valence-corrected chi connectivity index (χ1v) is 2.48. The third-order valence-electron chi connectivity index (χ3n) is 1.24. The van der Waals surface area contributed by atoms with Crippen LogP contribution in [0.25, 0.3) is 4.85 Å². The fraction of sp³-hybridized carbons (Fsp3) is 0.500. The summed E-state index contributed by atoms with van der Waals surface area (Å²) in [6, 6.07) is 0. The van der Waals surface area contributed by atoms with Crippen molar-refractivity contribution in [1.29, 1.82) is 0 Å². The molecule has 0 N–H and O–H groups in total. The number of hydrogen-bond acceptors (Lipinski definition) is 0. The Kier molecular flexibility index (Phi) is 1.12. The van der Waals surface area contributed by atoms with Gasteiger partial charge in [0.05, 0.1) is 6.57 Å². The van der Waals surface area contributed by atoms with Crippen molar-refractivity contribution in [2.75, 3.05) is 0 Å². The number of rotatable bonds is 0. The molecule has 1 heteroatoms. The molecule has 0 aromatic heterocycles. The van der Waals surface area contributed by atoms with Gasteiger partial charge < -0.3 is 0 Å². The Morgan fingerprint density at radius 3 is 2.43 bits per heavy atom. The Morgan fingerprint density at radius 1 is 1.57 bits per heavy atom. The molecular formula is C6H7N. The van der Waals surface area contributed by atoms with Crippen LogP contribution in [0.3, 0.4) is 0 Å². The van der Waals surface area contributed by atoms with Crippen molar-refractivity contribution in [1.82, 2.24) is 0 Å². The SMILES string of the molecule is [C-]#[N+]C=C1CCC1. The first kappa shape index (κ1) is 4.39. The standard InChI is InChI=1S/C6H7N/c1-7-5-6-3-2-4-6/h5H,2-4H2. The molecule has 1 nitrogen and oxygen atoms in total. The van der Waals surface area contributed by atoms with E-state index < -0.39 is 0 Å². The van der Waals surface area contributed by atoms with Crippen LogP contribution in [-0.4, -0.2) is 0 Å². The Labute approximate surface area is 43.5 Å². The summed E-state index contributed by atoms with van der Waals surface area (Å²) in [7, 11) is 0. The average molecular weight is 93.1 g/mol. The van der Waals surface area contributed by atoms with Crippen molar-refractivity contribution in [3.63, 3.8) is 0 Å². The number of allylic oxidation sites excluding steroid dienone is 1. The van der Waals surface area contributed by atoms with Gasteiger partial charge in [-0.15, -0.1) is 0 Å². The van der Waals surface area contributed by atoms with E-state index in [1.165, 1.54) is 24.8 Å². The summed E-state index contributed by atoms with van der Waals surface area (Å²) in [4.78, 5) is 3.15. The van der Waals surface area contributed by atoms with Crippen LogP contribution in [0.1, 0.15) is 19.3 Å². The lowest BCUT2D eigenvalue weighted by atomic mass is 9.94. The molecule has 0 amide bonds.